The van der Waals surface area contributed by atoms with Gasteiger partial charge in [-0.1, -0.05) is 36.4 Å². The van der Waals surface area contributed by atoms with Crippen molar-refractivity contribution in [2.24, 2.45) is 0 Å². The van der Waals surface area contributed by atoms with Gasteiger partial charge in [-0.3, -0.25) is 20.4 Å². The van der Waals surface area contributed by atoms with E-state index >= 15 is 0 Å². The molecule has 2 aromatic rings. The van der Waals surface area contributed by atoms with Crippen LogP contribution in [0.15, 0.2) is 60.7 Å². The summed E-state index contributed by atoms with van der Waals surface area (Å²) in [4.78, 5) is 23.8. The highest BCUT2D eigenvalue weighted by Gasteiger charge is 2.08. The largest absolute Gasteiger partial charge is 0.326 e. The molecule has 2 aromatic carbocycles. The van der Waals surface area contributed by atoms with E-state index in [4.69, 9.17) is 0 Å². The van der Waals surface area contributed by atoms with Crippen LogP contribution in [0.3, 0.4) is 0 Å². The lowest BCUT2D eigenvalue weighted by atomic mass is 10.1. The molecule has 0 fully saturated rings. The van der Waals surface area contributed by atoms with E-state index < -0.39 is 0 Å². The van der Waals surface area contributed by atoms with Crippen LogP contribution < -0.4 is 16.2 Å². The van der Waals surface area contributed by atoms with Crippen LogP contribution in [0, 0.1) is 3.57 Å². The van der Waals surface area contributed by atoms with E-state index in [2.05, 4.69) is 38.8 Å². The van der Waals surface area contributed by atoms with Crippen LogP contribution in [0.5, 0.6) is 0 Å². The smallest absolute Gasteiger partial charge is 0.238 e. The number of rotatable bonds is 7. The zero-order chi connectivity index (χ0) is 18.1. The molecular formula is C19H20IN3O2. The summed E-state index contributed by atoms with van der Waals surface area (Å²) in [7, 11) is 0. The van der Waals surface area contributed by atoms with Crippen molar-refractivity contribution < 1.29 is 9.59 Å². The molecule has 0 saturated heterocycles. The first-order valence-corrected chi connectivity index (χ1v) is 8.98. The molecule has 0 spiro atoms. The second-order valence-corrected chi connectivity index (χ2v) is 6.54. The Morgan fingerprint density at radius 2 is 1.56 bits per heavy atom. The van der Waals surface area contributed by atoms with E-state index in [1.807, 2.05) is 67.6 Å². The van der Waals surface area contributed by atoms with Gasteiger partial charge in [0.05, 0.1) is 5.70 Å². The summed E-state index contributed by atoms with van der Waals surface area (Å²) in [6.45, 7) is 1.88. The van der Waals surface area contributed by atoms with Crippen LogP contribution in [-0.2, 0) is 9.59 Å². The number of amides is 2. The first-order valence-electron chi connectivity index (χ1n) is 7.90. The van der Waals surface area contributed by atoms with E-state index in [0.29, 0.717) is 0 Å². The number of halogens is 1. The molecule has 0 aliphatic heterocycles. The third kappa shape index (κ3) is 6.58. The molecule has 0 atom stereocenters. The van der Waals surface area contributed by atoms with Crippen molar-refractivity contribution in [2.75, 3.05) is 5.32 Å². The highest BCUT2D eigenvalue weighted by Crippen LogP contribution is 2.12. The Kier molecular flexibility index (Phi) is 7.46. The van der Waals surface area contributed by atoms with Crippen molar-refractivity contribution in [2.45, 2.75) is 19.8 Å². The lowest BCUT2D eigenvalue weighted by Crippen LogP contribution is -2.36. The van der Waals surface area contributed by atoms with Gasteiger partial charge in [0.25, 0.3) is 0 Å². The molecular weight excluding hydrogens is 429 g/mol. The van der Waals surface area contributed by atoms with Crippen LogP contribution in [0.2, 0.25) is 0 Å². The van der Waals surface area contributed by atoms with Gasteiger partial charge in [-0.15, -0.1) is 0 Å². The molecule has 0 heterocycles. The summed E-state index contributed by atoms with van der Waals surface area (Å²) in [5, 5.41) is 2.77. The van der Waals surface area contributed by atoms with Crippen molar-refractivity contribution in [3.8, 4) is 0 Å². The van der Waals surface area contributed by atoms with E-state index in [-0.39, 0.29) is 24.7 Å². The lowest BCUT2D eigenvalue weighted by molar-refractivity contribution is -0.124. The standard InChI is InChI=1S/C19H20IN3O2/c1-2-17(14-6-4-3-5-7-14)22-23-19(25)13-12-18(24)21-16-10-8-15(20)9-11-16/h2-11,22H,12-13H2,1H3,(H,21,24)(H,23,25). The van der Waals surface area contributed by atoms with Gasteiger partial charge >= 0.3 is 0 Å². The summed E-state index contributed by atoms with van der Waals surface area (Å²) in [5.74, 6) is -0.432. The zero-order valence-corrected chi connectivity index (χ0v) is 16.0. The number of hydrogen-bond donors (Lipinski definition) is 3. The van der Waals surface area contributed by atoms with Crippen molar-refractivity contribution in [3.63, 3.8) is 0 Å². The van der Waals surface area contributed by atoms with Crippen LogP contribution in [-0.4, -0.2) is 11.8 Å². The van der Waals surface area contributed by atoms with Crippen LogP contribution in [0.25, 0.3) is 5.70 Å². The van der Waals surface area contributed by atoms with Gasteiger partial charge in [0.15, 0.2) is 0 Å². The third-order valence-corrected chi connectivity index (χ3v) is 4.14. The fourth-order valence-electron chi connectivity index (χ4n) is 2.11. The van der Waals surface area contributed by atoms with Gasteiger partial charge in [0.1, 0.15) is 0 Å². The maximum atomic E-state index is 11.9. The van der Waals surface area contributed by atoms with Crippen molar-refractivity contribution in [1.29, 1.82) is 0 Å². The third-order valence-electron chi connectivity index (χ3n) is 3.42. The monoisotopic (exact) mass is 449 g/mol. The number of hydrogen-bond acceptors (Lipinski definition) is 3. The minimum Gasteiger partial charge on any atom is -0.326 e. The highest BCUT2D eigenvalue weighted by molar-refractivity contribution is 14.1. The molecule has 0 saturated carbocycles. The topological polar surface area (TPSA) is 70.2 Å². The Labute approximate surface area is 161 Å². The molecule has 0 unspecified atom stereocenters. The molecule has 0 bridgehead atoms. The highest BCUT2D eigenvalue weighted by atomic mass is 127. The minimum absolute atomic E-state index is 0.106. The Hall–Kier alpha value is -2.35. The summed E-state index contributed by atoms with van der Waals surface area (Å²) < 4.78 is 1.10. The minimum atomic E-state index is -0.243. The lowest BCUT2D eigenvalue weighted by Gasteiger charge is -2.12. The molecule has 2 rings (SSSR count). The fraction of sp³-hybridized carbons (Fsp3) is 0.158. The number of allylic oxidation sites excluding steroid dienone is 1. The molecule has 0 radical (unpaired) electrons. The number of carbonyl (C=O) groups is 2. The fourth-order valence-corrected chi connectivity index (χ4v) is 2.47. The molecule has 3 N–H and O–H groups in total. The van der Waals surface area contributed by atoms with Gasteiger partial charge in [0, 0.05) is 22.1 Å². The van der Waals surface area contributed by atoms with E-state index in [1.165, 1.54) is 0 Å². The summed E-state index contributed by atoms with van der Waals surface area (Å²) in [5.41, 5.74) is 8.02. The van der Waals surface area contributed by atoms with Gasteiger partial charge in [0.2, 0.25) is 11.8 Å². The molecule has 0 aliphatic rings. The Balaban J connectivity index is 1.74. The number of nitrogens with one attached hydrogen (secondary N) is 3. The number of hydrazine groups is 1. The number of carbonyl (C=O) groups excluding carboxylic acids is 2. The molecule has 130 valence electrons. The molecule has 2 amide bonds. The maximum Gasteiger partial charge on any atom is 0.238 e. The molecule has 0 aromatic heterocycles. The van der Waals surface area contributed by atoms with E-state index in [0.717, 1.165) is 20.5 Å². The van der Waals surface area contributed by atoms with Gasteiger partial charge in [-0.25, -0.2) is 0 Å². The molecule has 0 aliphatic carbocycles. The van der Waals surface area contributed by atoms with Gasteiger partial charge < -0.3 is 5.32 Å². The first kappa shape index (κ1) is 19.0. The normalized spacial score (nSPS) is 10.9. The molecule has 5 nitrogen and oxygen atoms in total. The average molecular weight is 449 g/mol. The predicted molar refractivity (Wildman–Crippen MR) is 108 cm³/mol. The van der Waals surface area contributed by atoms with Crippen LogP contribution >= 0.6 is 22.6 Å². The second kappa shape index (κ2) is 9.83. The number of benzene rings is 2. The Morgan fingerprint density at radius 3 is 2.20 bits per heavy atom. The Bertz CT molecular complexity index is 743. The van der Waals surface area contributed by atoms with E-state index in [1.54, 1.807) is 0 Å². The van der Waals surface area contributed by atoms with Gasteiger partial charge in [-0.2, -0.15) is 0 Å². The SMILES string of the molecule is CC=C(NNC(=O)CCC(=O)Nc1ccc(I)cc1)c1ccccc1. The summed E-state index contributed by atoms with van der Waals surface area (Å²) in [6.07, 6.45) is 2.10. The van der Waals surface area contributed by atoms with Crippen LogP contribution in [0.4, 0.5) is 5.69 Å². The van der Waals surface area contributed by atoms with Crippen molar-refractivity contribution in [3.05, 3.63) is 69.8 Å². The zero-order valence-electron chi connectivity index (χ0n) is 13.9. The Morgan fingerprint density at radius 1 is 0.920 bits per heavy atom. The summed E-state index contributed by atoms with van der Waals surface area (Å²) in [6, 6.07) is 17.2. The molecule has 6 heteroatoms. The quantitative estimate of drug-likeness (QED) is 0.446. The first-order chi connectivity index (χ1) is 12.1. The molecule has 25 heavy (non-hydrogen) atoms. The van der Waals surface area contributed by atoms with E-state index in [9.17, 15) is 9.59 Å². The second-order valence-electron chi connectivity index (χ2n) is 5.30. The van der Waals surface area contributed by atoms with Gasteiger partial charge in [-0.05, 0) is 59.3 Å². The van der Waals surface area contributed by atoms with Crippen molar-refractivity contribution >= 4 is 45.8 Å². The average Bonchev–Trinajstić information content (AvgIpc) is 2.63. The van der Waals surface area contributed by atoms with Crippen molar-refractivity contribution in [1.82, 2.24) is 10.9 Å². The maximum absolute atomic E-state index is 11.9. The number of anilines is 1. The predicted octanol–water partition coefficient (Wildman–Crippen LogP) is 3.69. The van der Waals surface area contributed by atoms with Crippen LogP contribution in [0.1, 0.15) is 25.3 Å². The summed E-state index contributed by atoms with van der Waals surface area (Å²) >= 11 is 2.20.